The Bertz CT molecular complexity index is 1020. The van der Waals surface area contributed by atoms with E-state index in [9.17, 15) is 9.90 Å². The molecule has 0 aliphatic carbocycles. The van der Waals surface area contributed by atoms with Gasteiger partial charge in [-0.25, -0.2) is 0 Å². The third kappa shape index (κ3) is 4.76. The van der Waals surface area contributed by atoms with Gasteiger partial charge in [0.15, 0.2) is 0 Å². The molecule has 0 saturated heterocycles. The van der Waals surface area contributed by atoms with Gasteiger partial charge in [-0.1, -0.05) is 44.5 Å². The highest BCUT2D eigenvalue weighted by Crippen LogP contribution is 2.31. The van der Waals surface area contributed by atoms with E-state index in [0.29, 0.717) is 11.6 Å². The predicted octanol–water partition coefficient (Wildman–Crippen LogP) is 5.45. The van der Waals surface area contributed by atoms with Crippen LogP contribution in [-0.4, -0.2) is 21.6 Å². The van der Waals surface area contributed by atoms with Gasteiger partial charge in [0.1, 0.15) is 5.75 Å². The fourth-order valence-electron chi connectivity index (χ4n) is 3.73. The zero-order valence-corrected chi connectivity index (χ0v) is 18.3. The minimum Gasteiger partial charge on any atom is -0.508 e. The molecule has 3 rings (SSSR count). The van der Waals surface area contributed by atoms with E-state index in [-0.39, 0.29) is 23.6 Å². The van der Waals surface area contributed by atoms with E-state index >= 15 is 0 Å². The molecule has 0 fully saturated rings. The van der Waals surface area contributed by atoms with Crippen molar-refractivity contribution in [2.75, 3.05) is 0 Å². The summed E-state index contributed by atoms with van der Waals surface area (Å²) >= 11 is 6.32. The number of amides is 1. The number of fused-ring (bicyclic) bond motifs is 1. The Morgan fingerprint density at radius 3 is 2.62 bits per heavy atom. The Morgan fingerprint density at radius 2 is 1.97 bits per heavy atom. The van der Waals surface area contributed by atoms with E-state index in [1.165, 1.54) is 5.56 Å². The van der Waals surface area contributed by atoms with Crippen LogP contribution in [-0.2, 0) is 17.8 Å². The minimum atomic E-state index is -0.0355. The highest BCUT2D eigenvalue weighted by Gasteiger charge is 2.20. The molecule has 154 valence electrons. The van der Waals surface area contributed by atoms with Gasteiger partial charge < -0.3 is 15.0 Å². The normalized spacial score (nSPS) is 12.5. The number of carbonyl (C=O) groups excluding carboxylic acids is 1. The van der Waals surface area contributed by atoms with E-state index in [1.807, 2.05) is 44.2 Å². The molecule has 2 N–H and O–H groups in total. The van der Waals surface area contributed by atoms with Crippen molar-refractivity contribution in [3.63, 3.8) is 0 Å². The first-order chi connectivity index (χ1) is 13.8. The average molecular weight is 413 g/mol. The lowest BCUT2D eigenvalue weighted by molar-refractivity contribution is -0.124. The third-order valence-corrected chi connectivity index (χ3v) is 5.72. The van der Waals surface area contributed by atoms with Crippen LogP contribution < -0.4 is 5.32 Å². The summed E-state index contributed by atoms with van der Waals surface area (Å²) < 4.78 is 2.26. The third-order valence-electron chi connectivity index (χ3n) is 5.48. The maximum absolute atomic E-state index is 12.2. The van der Waals surface area contributed by atoms with Crippen molar-refractivity contribution >= 4 is 28.4 Å². The molecular formula is C24H29ClN2O2. The molecule has 1 unspecified atom stereocenters. The van der Waals surface area contributed by atoms with Crippen LogP contribution in [0.1, 0.15) is 44.0 Å². The second-order valence-electron chi connectivity index (χ2n) is 7.95. The first kappa shape index (κ1) is 21.3. The molecule has 1 atom stereocenters. The van der Waals surface area contributed by atoms with E-state index in [4.69, 9.17) is 11.6 Å². The van der Waals surface area contributed by atoms with Crippen molar-refractivity contribution in [1.82, 2.24) is 9.88 Å². The van der Waals surface area contributed by atoms with Crippen molar-refractivity contribution in [2.45, 2.75) is 53.1 Å². The van der Waals surface area contributed by atoms with Gasteiger partial charge in [-0.3, -0.25) is 4.79 Å². The summed E-state index contributed by atoms with van der Waals surface area (Å²) in [6, 6.07) is 13.4. The molecule has 4 nitrogen and oxygen atoms in total. The van der Waals surface area contributed by atoms with Crippen molar-refractivity contribution in [2.24, 2.45) is 5.92 Å². The number of rotatable bonds is 7. The summed E-state index contributed by atoms with van der Waals surface area (Å²) in [5.41, 5.74) is 4.50. The number of aromatic nitrogens is 1. The van der Waals surface area contributed by atoms with Crippen LogP contribution in [0.25, 0.3) is 10.9 Å². The molecule has 1 aromatic heterocycles. The number of halogens is 1. The molecule has 0 saturated carbocycles. The number of nitrogens with zero attached hydrogens (tertiary/aromatic N) is 1. The maximum atomic E-state index is 12.2. The number of hydrogen-bond acceptors (Lipinski definition) is 2. The summed E-state index contributed by atoms with van der Waals surface area (Å²) in [6.45, 7) is 8.69. The molecule has 3 aromatic rings. The fourth-order valence-corrected chi connectivity index (χ4v) is 3.91. The lowest BCUT2D eigenvalue weighted by Gasteiger charge is -2.19. The van der Waals surface area contributed by atoms with E-state index in [1.54, 1.807) is 12.1 Å². The molecular weight excluding hydrogens is 384 g/mol. The molecule has 0 aliphatic heterocycles. The maximum Gasteiger partial charge on any atom is 0.222 e. The number of benzene rings is 2. The number of aromatic hydroxyl groups is 1. The lowest BCUT2D eigenvalue weighted by atomic mass is 10.00. The summed E-state index contributed by atoms with van der Waals surface area (Å²) in [4.78, 5) is 12.2. The molecule has 0 aliphatic rings. The molecule has 2 aromatic carbocycles. The summed E-state index contributed by atoms with van der Waals surface area (Å²) in [5.74, 6) is 0.310. The van der Waals surface area contributed by atoms with Gasteiger partial charge >= 0.3 is 0 Å². The standard InChI is InChI=1S/C24H29ClN2O2/c1-5-19(26-24(29)15(2)3)13-21-16(4)27(14-17-7-6-8-20(28)11-17)23-10-9-18(25)12-22(21)23/h6-12,15,19,28H,5,13-14H2,1-4H3,(H,26,29). The zero-order chi connectivity index (χ0) is 21.1. The van der Waals surface area contributed by atoms with Crippen LogP contribution in [0.3, 0.4) is 0 Å². The molecule has 29 heavy (non-hydrogen) atoms. The second-order valence-corrected chi connectivity index (χ2v) is 8.39. The van der Waals surface area contributed by atoms with Crippen molar-refractivity contribution < 1.29 is 9.90 Å². The number of nitrogens with one attached hydrogen (secondary N) is 1. The van der Waals surface area contributed by atoms with E-state index in [0.717, 1.165) is 35.0 Å². The van der Waals surface area contributed by atoms with Crippen LogP contribution in [0.15, 0.2) is 42.5 Å². The van der Waals surface area contributed by atoms with Crippen LogP contribution in [0, 0.1) is 12.8 Å². The van der Waals surface area contributed by atoms with Gasteiger partial charge in [0, 0.05) is 40.1 Å². The second kappa shape index (κ2) is 8.91. The van der Waals surface area contributed by atoms with E-state index < -0.39 is 0 Å². The molecule has 0 bridgehead atoms. The van der Waals surface area contributed by atoms with Crippen LogP contribution >= 0.6 is 11.6 Å². The largest absolute Gasteiger partial charge is 0.508 e. The molecule has 0 radical (unpaired) electrons. The lowest BCUT2D eigenvalue weighted by Crippen LogP contribution is -2.38. The van der Waals surface area contributed by atoms with Crippen LogP contribution in [0.5, 0.6) is 5.75 Å². The molecule has 5 heteroatoms. The summed E-state index contributed by atoms with van der Waals surface area (Å²) in [5, 5.41) is 14.8. The highest BCUT2D eigenvalue weighted by molar-refractivity contribution is 6.31. The Kier molecular flexibility index (Phi) is 6.53. The van der Waals surface area contributed by atoms with Gasteiger partial charge in [-0.15, -0.1) is 0 Å². The van der Waals surface area contributed by atoms with Gasteiger partial charge in [0.25, 0.3) is 0 Å². The number of phenolic OH excluding ortho intramolecular Hbond substituents is 1. The van der Waals surface area contributed by atoms with Gasteiger partial charge in [0.05, 0.1) is 0 Å². The summed E-state index contributed by atoms with van der Waals surface area (Å²) in [7, 11) is 0. The van der Waals surface area contributed by atoms with Gasteiger partial charge in [-0.2, -0.15) is 0 Å². The predicted molar refractivity (Wildman–Crippen MR) is 120 cm³/mol. The molecule has 0 spiro atoms. The first-order valence-corrected chi connectivity index (χ1v) is 10.5. The molecule has 1 amide bonds. The Morgan fingerprint density at radius 1 is 1.21 bits per heavy atom. The Balaban J connectivity index is 2.01. The SMILES string of the molecule is CCC(Cc1c(C)n(Cc2cccc(O)c2)c2ccc(Cl)cc12)NC(=O)C(C)C. The van der Waals surface area contributed by atoms with E-state index in [2.05, 4.69) is 23.7 Å². The van der Waals surface area contributed by atoms with Crippen molar-refractivity contribution in [3.05, 3.63) is 64.3 Å². The number of carbonyl (C=O) groups is 1. The minimum absolute atomic E-state index is 0.0355. The zero-order valence-electron chi connectivity index (χ0n) is 17.5. The molecule has 1 heterocycles. The Hall–Kier alpha value is -2.46. The fraction of sp³-hybridized carbons (Fsp3) is 0.375. The topological polar surface area (TPSA) is 54.3 Å². The van der Waals surface area contributed by atoms with Gasteiger partial charge in [-0.05, 0) is 61.2 Å². The van der Waals surface area contributed by atoms with Gasteiger partial charge in [0.2, 0.25) is 5.91 Å². The average Bonchev–Trinajstić information content (AvgIpc) is 2.92. The summed E-state index contributed by atoms with van der Waals surface area (Å²) in [6.07, 6.45) is 1.61. The highest BCUT2D eigenvalue weighted by atomic mass is 35.5. The quantitative estimate of drug-likeness (QED) is 0.542. The number of phenols is 1. The number of hydrogen-bond donors (Lipinski definition) is 2. The smallest absolute Gasteiger partial charge is 0.222 e. The van der Waals surface area contributed by atoms with Crippen LogP contribution in [0.2, 0.25) is 5.02 Å². The first-order valence-electron chi connectivity index (χ1n) is 10.2. The van der Waals surface area contributed by atoms with Crippen molar-refractivity contribution in [1.29, 1.82) is 0 Å². The van der Waals surface area contributed by atoms with Crippen LogP contribution in [0.4, 0.5) is 0 Å². The Labute approximate surface area is 177 Å². The van der Waals surface area contributed by atoms with Crippen molar-refractivity contribution in [3.8, 4) is 5.75 Å². The monoisotopic (exact) mass is 412 g/mol.